The second-order valence-corrected chi connectivity index (χ2v) is 6.84. The number of benzene rings is 1. The lowest BCUT2D eigenvalue weighted by Crippen LogP contribution is -2.46. The van der Waals surface area contributed by atoms with Crippen LogP contribution in [-0.2, 0) is 10.0 Å². The van der Waals surface area contributed by atoms with Crippen molar-refractivity contribution in [2.45, 2.75) is 30.7 Å². The number of aryl methyl sites for hydroxylation is 1. The van der Waals surface area contributed by atoms with Crippen molar-refractivity contribution in [3.8, 4) is 0 Å². The first-order valence-electron chi connectivity index (χ1n) is 6.38. The molecule has 20 heavy (non-hydrogen) atoms. The Morgan fingerprint density at radius 3 is 2.70 bits per heavy atom. The van der Waals surface area contributed by atoms with Crippen LogP contribution in [0.2, 0.25) is 0 Å². The summed E-state index contributed by atoms with van der Waals surface area (Å²) in [4.78, 5) is 0.170. The van der Waals surface area contributed by atoms with E-state index in [0.717, 1.165) is 12.8 Å². The summed E-state index contributed by atoms with van der Waals surface area (Å²) >= 11 is 0. The molecule has 1 atom stereocenters. The number of hydrogen-bond acceptors (Lipinski definition) is 3. The zero-order valence-electron chi connectivity index (χ0n) is 11.6. The first-order valence-corrected chi connectivity index (χ1v) is 7.82. The Kier molecular flexibility index (Phi) is 5.94. The van der Waals surface area contributed by atoms with E-state index in [2.05, 4.69) is 5.32 Å². The van der Waals surface area contributed by atoms with E-state index in [-0.39, 0.29) is 29.2 Å². The van der Waals surface area contributed by atoms with Crippen LogP contribution < -0.4 is 5.32 Å². The summed E-state index contributed by atoms with van der Waals surface area (Å²) in [5.74, 6) is -0.384. The van der Waals surface area contributed by atoms with Crippen LogP contribution in [0.25, 0.3) is 0 Å². The molecule has 0 bridgehead atoms. The van der Waals surface area contributed by atoms with Gasteiger partial charge in [0.1, 0.15) is 5.82 Å². The number of nitrogens with one attached hydrogen (secondary N) is 1. The predicted molar refractivity (Wildman–Crippen MR) is 79.2 cm³/mol. The van der Waals surface area contributed by atoms with Gasteiger partial charge in [-0.05, 0) is 50.6 Å². The average Bonchev–Trinajstić information content (AvgIpc) is 2.41. The van der Waals surface area contributed by atoms with Crippen molar-refractivity contribution in [1.82, 2.24) is 9.62 Å². The van der Waals surface area contributed by atoms with Gasteiger partial charge in [-0.25, -0.2) is 12.8 Å². The lowest BCUT2D eigenvalue weighted by molar-refractivity contribution is 0.293. The first kappa shape index (κ1) is 17.4. The number of piperidine rings is 1. The summed E-state index contributed by atoms with van der Waals surface area (Å²) in [6.45, 7) is 2.56. The Bertz CT molecular complexity index is 565. The Balaban J connectivity index is 0.00000200. The molecule has 2 rings (SSSR count). The molecular weight excluding hydrogens is 303 g/mol. The molecule has 0 amide bonds. The van der Waals surface area contributed by atoms with E-state index >= 15 is 0 Å². The summed E-state index contributed by atoms with van der Waals surface area (Å²) < 4.78 is 39.7. The van der Waals surface area contributed by atoms with Crippen LogP contribution in [0.3, 0.4) is 0 Å². The topological polar surface area (TPSA) is 49.4 Å². The molecule has 0 radical (unpaired) electrons. The van der Waals surface area contributed by atoms with E-state index in [0.29, 0.717) is 18.7 Å². The fourth-order valence-electron chi connectivity index (χ4n) is 2.32. The van der Waals surface area contributed by atoms with E-state index in [1.165, 1.54) is 22.5 Å². The molecular formula is C13H20ClFN2O2S. The number of likely N-dealkylation sites (N-methyl/N-ethyl adjacent to an activating group) is 1. The van der Waals surface area contributed by atoms with Crippen LogP contribution in [0.1, 0.15) is 18.4 Å². The van der Waals surface area contributed by atoms with Gasteiger partial charge in [0.2, 0.25) is 10.0 Å². The maximum Gasteiger partial charge on any atom is 0.243 e. The fraction of sp³-hybridized carbons (Fsp3) is 0.538. The third kappa shape index (κ3) is 3.49. The second kappa shape index (κ2) is 6.85. The molecule has 1 aliphatic rings. The Morgan fingerprint density at radius 2 is 2.10 bits per heavy atom. The van der Waals surface area contributed by atoms with Gasteiger partial charge in [0.25, 0.3) is 0 Å². The molecule has 1 aromatic carbocycles. The highest BCUT2D eigenvalue weighted by Gasteiger charge is 2.29. The summed E-state index contributed by atoms with van der Waals surface area (Å²) in [6.07, 6.45) is 1.82. The maximum absolute atomic E-state index is 13.2. The summed E-state index contributed by atoms with van der Waals surface area (Å²) in [7, 11) is -1.68. The van der Waals surface area contributed by atoms with Crippen molar-refractivity contribution in [1.29, 1.82) is 0 Å². The van der Waals surface area contributed by atoms with Gasteiger partial charge >= 0.3 is 0 Å². The van der Waals surface area contributed by atoms with Crippen molar-refractivity contribution in [3.63, 3.8) is 0 Å². The number of halogens is 2. The Labute approximate surface area is 125 Å². The molecule has 1 N–H and O–H groups in total. The van der Waals surface area contributed by atoms with E-state index in [4.69, 9.17) is 0 Å². The van der Waals surface area contributed by atoms with E-state index in [1.807, 2.05) is 7.05 Å². The molecule has 1 aliphatic heterocycles. The van der Waals surface area contributed by atoms with Crippen molar-refractivity contribution in [2.75, 3.05) is 20.1 Å². The Morgan fingerprint density at radius 1 is 1.40 bits per heavy atom. The first-order chi connectivity index (χ1) is 8.95. The average molecular weight is 323 g/mol. The monoisotopic (exact) mass is 322 g/mol. The van der Waals surface area contributed by atoms with Crippen LogP contribution in [0, 0.1) is 12.7 Å². The van der Waals surface area contributed by atoms with Gasteiger partial charge in [-0.1, -0.05) is 0 Å². The molecule has 1 heterocycles. The van der Waals surface area contributed by atoms with Crippen LogP contribution in [0.4, 0.5) is 4.39 Å². The SMILES string of the molecule is CNC1CCCN(S(=O)(=O)c2ccc(F)c(C)c2)C1.Cl. The highest BCUT2D eigenvalue weighted by Crippen LogP contribution is 2.22. The van der Waals surface area contributed by atoms with Gasteiger partial charge < -0.3 is 5.32 Å². The molecule has 114 valence electrons. The van der Waals surface area contributed by atoms with Crippen molar-refractivity contribution in [3.05, 3.63) is 29.6 Å². The van der Waals surface area contributed by atoms with E-state index < -0.39 is 10.0 Å². The number of hydrogen-bond donors (Lipinski definition) is 1. The summed E-state index contributed by atoms with van der Waals surface area (Å²) in [5, 5.41) is 3.11. The third-order valence-corrected chi connectivity index (χ3v) is 5.42. The van der Waals surface area contributed by atoms with Crippen molar-refractivity contribution < 1.29 is 12.8 Å². The van der Waals surface area contributed by atoms with E-state index in [9.17, 15) is 12.8 Å². The van der Waals surface area contributed by atoms with Gasteiger partial charge in [-0.2, -0.15) is 4.31 Å². The van der Waals surface area contributed by atoms with Crippen LogP contribution in [-0.4, -0.2) is 38.9 Å². The highest BCUT2D eigenvalue weighted by atomic mass is 35.5. The maximum atomic E-state index is 13.2. The van der Waals surface area contributed by atoms with E-state index in [1.54, 1.807) is 6.92 Å². The van der Waals surface area contributed by atoms with Crippen LogP contribution in [0.5, 0.6) is 0 Å². The zero-order valence-corrected chi connectivity index (χ0v) is 13.2. The lowest BCUT2D eigenvalue weighted by Gasteiger charge is -2.31. The molecule has 0 spiro atoms. The molecule has 1 aromatic rings. The minimum Gasteiger partial charge on any atom is -0.316 e. The number of sulfonamides is 1. The summed E-state index contributed by atoms with van der Waals surface area (Å²) in [6, 6.07) is 4.13. The molecule has 0 saturated carbocycles. The molecule has 1 saturated heterocycles. The lowest BCUT2D eigenvalue weighted by atomic mass is 10.1. The van der Waals surface area contributed by atoms with Gasteiger partial charge in [0.15, 0.2) is 0 Å². The molecule has 1 unspecified atom stereocenters. The number of nitrogens with zero attached hydrogens (tertiary/aromatic N) is 1. The highest BCUT2D eigenvalue weighted by molar-refractivity contribution is 7.89. The van der Waals surface area contributed by atoms with Gasteiger partial charge in [0.05, 0.1) is 4.90 Å². The smallest absolute Gasteiger partial charge is 0.243 e. The molecule has 7 heteroatoms. The molecule has 1 fully saturated rings. The van der Waals surface area contributed by atoms with Crippen LogP contribution >= 0.6 is 12.4 Å². The second-order valence-electron chi connectivity index (χ2n) is 4.90. The summed E-state index contributed by atoms with van der Waals surface area (Å²) in [5.41, 5.74) is 0.350. The predicted octanol–water partition coefficient (Wildman–Crippen LogP) is 1.93. The van der Waals surface area contributed by atoms with Crippen molar-refractivity contribution >= 4 is 22.4 Å². The fourth-order valence-corrected chi connectivity index (χ4v) is 3.93. The van der Waals surface area contributed by atoms with Gasteiger partial charge in [0, 0.05) is 19.1 Å². The normalized spacial score (nSPS) is 20.4. The standard InChI is InChI=1S/C13H19FN2O2S.ClH/c1-10-8-12(5-6-13(10)14)19(17,18)16-7-3-4-11(9-16)15-2;/h5-6,8,11,15H,3-4,7,9H2,1-2H3;1H. The third-order valence-electron chi connectivity index (χ3n) is 3.56. The molecule has 0 aromatic heterocycles. The van der Waals surface area contributed by atoms with Gasteiger partial charge in [-0.3, -0.25) is 0 Å². The minimum atomic E-state index is -3.52. The quantitative estimate of drug-likeness (QED) is 0.925. The van der Waals surface area contributed by atoms with Crippen molar-refractivity contribution in [2.24, 2.45) is 0 Å². The molecule has 4 nitrogen and oxygen atoms in total. The van der Waals surface area contributed by atoms with Crippen LogP contribution in [0.15, 0.2) is 23.1 Å². The molecule has 0 aliphatic carbocycles. The number of rotatable bonds is 3. The zero-order chi connectivity index (χ0) is 14.0. The Hall–Kier alpha value is -0.690. The minimum absolute atomic E-state index is 0. The largest absolute Gasteiger partial charge is 0.316 e. The van der Waals surface area contributed by atoms with Gasteiger partial charge in [-0.15, -0.1) is 12.4 Å².